The fraction of sp³-hybridized carbons (Fsp3) is 0.583. The van der Waals surface area contributed by atoms with E-state index in [4.69, 9.17) is 0 Å². The summed E-state index contributed by atoms with van der Waals surface area (Å²) in [6.07, 6.45) is 1.77. The van der Waals surface area contributed by atoms with Crippen molar-refractivity contribution in [2.45, 2.75) is 40.5 Å². The van der Waals surface area contributed by atoms with Crippen LogP contribution in [0.1, 0.15) is 45.9 Å². The fourth-order valence-corrected chi connectivity index (χ4v) is 3.66. The molecule has 0 aliphatic heterocycles. The highest BCUT2D eigenvalue weighted by Gasteiger charge is 2.33. The summed E-state index contributed by atoms with van der Waals surface area (Å²) in [7, 11) is 0. The Hall–Kier alpha value is -0.630. The molecule has 1 nitrogen and oxygen atoms in total. The van der Waals surface area contributed by atoms with Crippen LogP contribution >= 0.6 is 11.3 Å². The zero-order chi connectivity index (χ0) is 10.5. The second-order valence-electron chi connectivity index (χ2n) is 5.02. The molecule has 0 atom stereocenters. The van der Waals surface area contributed by atoms with E-state index in [1.54, 1.807) is 11.3 Å². The summed E-state index contributed by atoms with van der Waals surface area (Å²) in [4.78, 5) is 14.6. The second-order valence-corrected chi connectivity index (χ2v) is 6.33. The van der Waals surface area contributed by atoms with Gasteiger partial charge in [-0.3, -0.25) is 4.79 Å². The van der Waals surface area contributed by atoms with Gasteiger partial charge in [0.1, 0.15) is 0 Å². The van der Waals surface area contributed by atoms with E-state index in [0.717, 1.165) is 12.0 Å². The van der Waals surface area contributed by atoms with Gasteiger partial charge in [-0.05, 0) is 31.2 Å². The molecule has 1 aromatic rings. The lowest BCUT2D eigenvalue weighted by molar-refractivity contribution is 0.0914. The number of ketones is 1. The average molecular weight is 208 g/mol. The predicted octanol–water partition coefficient (Wildman–Crippen LogP) is 3.52. The summed E-state index contributed by atoms with van der Waals surface area (Å²) in [5.41, 5.74) is 2.41. The van der Waals surface area contributed by atoms with E-state index in [0.29, 0.717) is 12.2 Å². The maximum atomic E-state index is 11.9. The summed E-state index contributed by atoms with van der Waals surface area (Å²) in [5.74, 6) is 0.345. The van der Waals surface area contributed by atoms with Crippen molar-refractivity contribution >= 4 is 17.1 Å². The lowest BCUT2D eigenvalue weighted by Gasteiger charge is -2.28. The summed E-state index contributed by atoms with van der Waals surface area (Å²) < 4.78 is 0. The highest BCUT2D eigenvalue weighted by atomic mass is 32.1. The first-order chi connectivity index (χ1) is 6.41. The van der Waals surface area contributed by atoms with Crippen LogP contribution in [0.2, 0.25) is 0 Å². The van der Waals surface area contributed by atoms with Crippen LogP contribution in [0, 0.1) is 19.3 Å². The molecule has 1 aromatic heterocycles. The maximum absolute atomic E-state index is 11.9. The molecule has 0 amide bonds. The molecular formula is C12H16OS. The van der Waals surface area contributed by atoms with Gasteiger partial charge in [-0.1, -0.05) is 13.8 Å². The van der Waals surface area contributed by atoms with Crippen LogP contribution in [-0.4, -0.2) is 5.78 Å². The molecule has 1 aliphatic carbocycles. The first-order valence-electron chi connectivity index (χ1n) is 5.03. The van der Waals surface area contributed by atoms with Gasteiger partial charge >= 0.3 is 0 Å². The minimum Gasteiger partial charge on any atom is -0.294 e. The molecule has 0 saturated heterocycles. The van der Waals surface area contributed by atoms with E-state index < -0.39 is 0 Å². The van der Waals surface area contributed by atoms with Crippen molar-refractivity contribution in [3.8, 4) is 0 Å². The number of rotatable bonds is 0. The second kappa shape index (κ2) is 2.93. The minimum absolute atomic E-state index is 0.161. The Kier molecular flexibility index (Phi) is 2.07. The molecule has 2 heteroatoms. The van der Waals surface area contributed by atoms with E-state index in [9.17, 15) is 4.79 Å². The Bertz CT molecular complexity index is 399. The number of fused-ring (bicyclic) bond motifs is 1. The van der Waals surface area contributed by atoms with E-state index in [1.807, 2.05) is 0 Å². The first kappa shape index (κ1) is 9.91. The maximum Gasteiger partial charge on any atom is 0.164 e. The quantitative estimate of drug-likeness (QED) is 0.637. The van der Waals surface area contributed by atoms with Crippen LogP contribution in [-0.2, 0) is 6.42 Å². The third kappa shape index (κ3) is 1.42. The molecule has 0 spiro atoms. The highest BCUT2D eigenvalue weighted by molar-refractivity contribution is 7.12. The van der Waals surface area contributed by atoms with Crippen molar-refractivity contribution < 1.29 is 4.79 Å². The minimum atomic E-state index is 0.161. The van der Waals surface area contributed by atoms with Crippen molar-refractivity contribution in [2.24, 2.45) is 5.41 Å². The van der Waals surface area contributed by atoms with Crippen LogP contribution in [0.15, 0.2) is 0 Å². The van der Waals surface area contributed by atoms with E-state index in [-0.39, 0.29) is 5.41 Å². The number of thiophene rings is 1. The molecule has 0 radical (unpaired) electrons. The lowest BCUT2D eigenvalue weighted by Crippen LogP contribution is -2.25. The van der Waals surface area contributed by atoms with E-state index >= 15 is 0 Å². The van der Waals surface area contributed by atoms with Gasteiger partial charge in [-0.15, -0.1) is 11.3 Å². The Labute approximate surface area is 89.1 Å². The zero-order valence-electron chi connectivity index (χ0n) is 9.23. The number of hydrogen-bond acceptors (Lipinski definition) is 2. The van der Waals surface area contributed by atoms with E-state index in [2.05, 4.69) is 27.7 Å². The van der Waals surface area contributed by atoms with Gasteiger partial charge < -0.3 is 0 Å². The summed E-state index contributed by atoms with van der Waals surface area (Å²) in [6.45, 7) is 8.54. The Morgan fingerprint density at radius 2 is 1.86 bits per heavy atom. The number of Topliss-reactive ketones (excluding diaryl/α,β-unsaturated/α-hetero) is 1. The van der Waals surface area contributed by atoms with Gasteiger partial charge in [-0.25, -0.2) is 0 Å². The molecule has 0 N–H and O–H groups in total. The van der Waals surface area contributed by atoms with Gasteiger partial charge in [0.05, 0.1) is 0 Å². The third-order valence-corrected chi connectivity index (χ3v) is 4.22. The van der Waals surface area contributed by atoms with Crippen LogP contribution in [0.5, 0.6) is 0 Å². The Balaban J connectivity index is 2.56. The van der Waals surface area contributed by atoms with Crippen molar-refractivity contribution in [3.05, 3.63) is 20.9 Å². The number of carbonyl (C=O) groups excluding carboxylic acids is 1. The standard InChI is InChI=1S/C12H16OS/c1-7-8(2)14-10-6-12(3,4)5-9(13)11(7)10/h5-6H2,1-4H3. The molecule has 2 rings (SSSR count). The molecule has 0 unspecified atom stereocenters. The van der Waals surface area contributed by atoms with Crippen molar-refractivity contribution in [1.82, 2.24) is 0 Å². The normalized spacial score (nSPS) is 19.6. The molecule has 0 bridgehead atoms. The van der Waals surface area contributed by atoms with Crippen molar-refractivity contribution in [1.29, 1.82) is 0 Å². The highest BCUT2D eigenvalue weighted by Crippen LogP contribution is 2.40. The zero-order valence-corrected chi connectivity index (χ0v) is 10.0. The van der Waals surface area contributed by atoms with Gasteiger partial charge in [0.15, 0.2) is 5.78 Å². The van der Waals surface area contributed by atoms with Crippen molar-refractivity contribution in [3.63, 3.8) is 0 Å². The molecule has 76 valence electrons. The van der Waals surface area contributed by atoms with Gasteiger partial charge in [0.25, 0.3) is 0 Å². The molecule has 0 fully saturated rings. The lowest BCUT2D eigenvalue weighted by atomic mass is 9.76. The third-order valence-electron chi connectivity index (χ3n) is 3.02. The smallest absolute Gasteiger partial charge is 0.164 e. The number of carbonyl (C=O) groups is 1. The topological polar surface area (TPSA) is 17.1 Å². The molecule has 1 aliphatic rings. The van der Waals surface area contributed by atoms with E-state index in [1.165, 1.54) is 15.3 Å². The number of hydrogen-bond donors (Lipinski definition) is 0. The summed E-state index contributed by atoms with van der Waals surface area (Å²) in [5, 5.41) is 0. The largest absolute Gasteiger partial charge is 0.294 e. The summed E-state index contributed by atoms with van der Waals surface area (Å²) in [6, 6.07) is 0. The molecule has 14 heavy (non-hydrogen) atoms. The van der Waals surface area contributed by atoms with Crippen molar-refractivity contribution in [2.75, 3.05) is 0 Å². The average Bonchev–Trinajstić information content (AvgIpc) is 2.24. The van der Waals surface area contributed by atoms with Crippen LogP contribution < -0.4 is 0 Å². The fourth-order valence-electron chi connectivity index (χ4n) is 2.21. The molecule has 0 aromatic carbocycles. The predicted molar refractivity (Wildman–Crippen MR) is 60.2 cm³/mol. The van der Waals surface area contributed by atoms with Crippen LogP contribution in [0.3, 0.4) is 0 Å². The summed E-state index contributed by atoms with van der Waals surface area (Å²) >= 11 is 1.80. The SMILES string of the molecule is Cc1sc2c(c1C)C(=O)CC(C)(C)C2. The monoisotopic (exact) mass is 208 g/mol. The van der Waals surface area contributed by atoms with Gasteiger partial charge in [0.2, 0.25) is 0 Å². The van der Waals surface area contributed by atoms with Crippen LogP contribution in [0.25, 0.3) is 0 Å². The Morgan fingerprint density at radius 3 is 2.50 bits per heavy atom. The first-order valence-corrected chi connectivity index (χ1v) is 5.84. The Morgan fingerprint density at radius 1 is 1.21 bits per heavy atom. The van der Waals surface area contributed by atoms with Gasteiger partial charge in [-0.2, -0.15) is 0 Å². The van der Waals surface area contributed by atoms with Gasteiger partial charge in [0, 0.05) is 21.7 Å². The molecular weight excluding hydrogens is 192 g/mol. The molecule has 0 saturated carbocycles. The molecule has 1 heterocycles. The van der Waals surface area contributed by atoms with Crippen LogP contribution in [0.4, 0.5) is 0 Å². The number of aryl methyl sites for hydroxylation is 1.